The predicted molar refractivity (Wildman–Crippen MR) is 150 cm³/mol. The minimum Gasteiger partial charge on any atom is -0.497 e. The maximum atomic E-state index is 13.2. The molecular formula is C29H34F3N7O4. The van der Waals surface area contributed by atoms with Gasteiger partial charge in [0.15, 0.2) is 0 Å². The van der Waals surface area contributed by atoms with Crippen molar-refractivity contribution in [2.24, 2.45) is 0 Å². The summed E-state index contributed by atoms with van der Waals surface area (Å²) in [4.78, 5) is 43.5. The number of halogens is 3. The van der Waals surface area contributed by atoms with E-state index in [4.69, 9.17) is 9.47 Å². The topological polar surface area (TPSA) is 106 Å². The highest BCUT2D eigenvalue weighted by molar-refractivity contribution is 5.94. The summed E-state index contributed by atoms with van der Waals surface area (Å²) in [6.07, 6.45) is -2.20. The number of amides is 2. The average Bonchev–Trinajstić information content (AvgIpc) is 3.33. The van der Waals surface area contributed by atoms with Crippen LogP contribution in [0.2, 0.25) is 0 Å². The predicted octanol–water partition coefficient (Wildman–Crippen LogP) is 2.96. The molecule has 0 bridgehead atoms. The zero-order chi connectivity index (χ0) is 30.6. The zero-order valence-corrected chi connectivity index (χ0v) is 24.1. The smallest absolute Gasteiger partial charge is 0.419 e. The third kappa shape index (κ3) is 7.07. The van der Waals surface area contributed by atoms with Crippen LogP contribution in [0.25, 0.3) is 0 Å². The number of carbonyl (C=O) groups is 2. The number of alkyl halides is 3. The number of benzene rings is 1. The fourth-order valence-corrected chi connectivity index (χ4v) is 5.28. The fraction of sp³-hybridized carbons (Fsp3) is 0.483. The third-order valence-corrected chi connectivity index (χ3v) is 7.65. The number of nitrogens with zero attached hydrogens (tertiary/aromatic N) is 7. The number of hydrogen-bond acceptors (Lipinski definition) is 8. The number of aryl methyl sites for hydroxylation is 1. The number of anilines is 1. The van der Waals surface area contributed by atoms with Crippen LogP contribution in [0.5, 0.6) is 5.75 Å². The Labute approximate surface area is 247 Å². The molecule has 230 valence electrons. The summed E-state index contributed by atoms with van der Waals surface area (Å²) in [5.74, 6) is 1.68. The first kappa shape index (κ1) is 30.3. The highest BCUT2D eigenvalue weighted by Gasteiger charge is 2.32. The lowest BCUT2D eigenvalue weighted by Crippen LogP contribution is -2.49. The lowest BCUT2D eigenvalue weighted by molar-refractivity contribution is -0.138. The second kappa shape index (κ2) is 13.0. The van der Waals surface area contributed by atoms with E-state index in [1.54, 1.807) is 16.9 Å². The normalized spacial score (nSPS) is 15.6. The van der Waals surface area contributed by atoms with Crippen molar-refractivity contribution in [2.75, 3.05) is 57.9 Å². The number of piperazine rings is 1. The van der Waals surface area contributed by atoms with Crippen molar-refractivity contribution in [3.8, 4) is 5.75 Å². The van der Waals surface area contributed by atoms with Gasteiger partial charge >= 0.3 is 6.18 Å². The number of ether oxygens (including phenoxy) is 2. The lowest BCUT2D eigenvalue weighted by Gasteiger charge is -2.34. The van der Waals surface area contributed by atoms with Gasteiger partial charge in [-0.25, -0.2) is 15.0 Å². The van der Waals surface area contributed by atoms with Crippen LogP contribution in [0.15, 0.2) is 36.7 Å². The largest absolute Gasteiger partial charge is 0.497 e. The Morgan fingerprint density at radius 2 is 1.67 bits per heavy atom. The molecule has 0 atom stereocenters. The molecule has 5 rings (SSSR count). The van der Waals surface area contributed by atoms with Crippen LogP contribution in [0, 0.1) is 6.92 Å². The highest BCUT2D eigenvalue weighted by atomic mass is 19.4. The van der Waals surface area contributed by atoms with E-state index in [1.807, 2.05) is 40.7 Å². The van der Waals surface area contributed by atoms with Gasteiger partial charge in [-0.1, -0.05) is 12.1 Å². The summed E-state index contributed by atoms with van der Waals surface area (Å²) in [5.41, 5.74) is 1.42. The van der Waals surface area contributed by atoms with Crippen LogP contribution in [0.4, 0.5) is 19.1 Å². The summed E-state index contributed by atoms with van der Waals surface area (Å²) in [5, 5.41) is 0. The van der Waals surface area contributed by atoms with Crippen molar-refractivity contribution in [3.63, 3.8) is 0 Å². The minimum atomic E-state index is -4.48. The number of fused-ring (bicyclic) bond motifs is 1. The van der Waals surface area contributed by atoms with Crippen molar-refractivity contribution in [2.45, 2.75) is 39.0 Å². The molecule has 0 aliphatic carbocycles. The molecule has 2 amide bonds. The molecule has 0 saturated carbocycles. The number of imidazole rings is 1. The van der Waals surface area contributed by atoms with Crippen LogP contribution >= 0.6 is 0 Å². The maximum absolute atomic E-state index is 13.2. The molecule has 0 spiro atoms. The van der Waals surface area contributed by atoms with Gasteiger partial charge in [0.05, 0.1) is 38.0 Å². The summed E-state index contributed by atoms with van der Waals surface area (Å²) < 4.78 is 51.2. The van der Waals surface area contributed by atoms with Gasteiger partial charge in [-0.2, -0.15) is 13.2 Å². The summed E-state index contributed by atoms with van der Waals surface area (Å²) in [7, 11) is 1.62. The monoisotopic (exact) mass is 601 g/mol. The van der Waals surface area contributed by atoms with Gasteiger partial charge in [0, 0.05) is 64.6 Å². The minimum absolute atomic E-state index is 0.0465. The molecule has 2 aliphatic rings. The first-order chi connectivity index (χ1) is 20.6. The van der Waals surface area contributed by atoms with Crippen LogP contribution in [0.1, 0.15) is 39.6 Å². The van der Waals surface area contributed by atoms with E-state index < -0.39 is 11.7 Å². The second-order valence-corrected chi connectivity index (χ2v) is 10.4. The van der Waals surface area contributed by atoms with Crippen LogP contribution in [-0.2, 0) is 35.2 Å². The SMILES string of the molecule is COc1ccc(CN2CCn3c(CCOCCC(=O)N4CCN(c5ncc(C(F)(F)F)cn5)CC4)nc(C)c3C2=O)cc1. The quantitative estimate of drug-likeness (QED) is 0.327. The molecule has 14 heteroatoms. The Morgan fingerprint density at radius 1 is 0.977 bits per heavy atom. The van der Waals surface area contributed by atoms with Crippen molar-refractivity contribution >= 4 is 17.8 Å². The molecule has 43 heavy (non-hydrogen) atoms. The second-order valence-electron chi connectivity index (χ2n) is 10.4. The lowest BCUT2D eigenvalue weighted by atomic mass is 10.1. The van der Waals surface area contributed by atoms with Gasteiger partial charge in [-0.05, 0) is 24.6 Å². The first-order valence-electron chi connectivity index (χ1n) is 14.1. The van der Waals surface area contributed by atoms with Gasteiger partial charge < -0.3 is 28.7 Å². The molecule has 1 fully saturated rings. The number of aromatic nitrogens is 4. The van der Waals surface area contributed by atoms with Gasteiger partial charge in [-0.15, -0.1) is 0 Å². The van der Waals surface area contributed by atoms with Crippen molar-refractivity contribution in [1.29, 1.82) is 0 Å². The summed E-state index contributed by atoms with van der Waals surface area (Å²) >= 11 is 0. The van der Waals surface area contributed by atoms with Crippen molar-refractivity contribution in [1.82, 2.24) is 29.3 Å². The zero-order valence-electron chi connectivity index (χ0n) is 24.1. The van der Waals surface area contributed by atoms with Gasteiger partial charge in [0.2, 0.25) is 11.9 Å². The molecule has 0 N–H and O–H groups in total. The Balaban J connectivity index is 1.04. The fourth-order valence-electron chi connectivity index (χ4n) is 5.28. The van der Waals surface area contributed by atoms with Gasteiger partial charge in [0.25, 0.3) is 5.91 Å². The van der Waals surface area contributed by atoms with E-state index in [2.05, 4.69) is 15.0 Å². The Hall–Kier alpha value is -4.20. The molecule has 1 aromatic carbocycles. The summed E-state index contributed by atoms with van der Waals surface area (Å²) in [6.45, 7) is 5.90. The number of methoxy groups -OCH3 is 1. The molecule has 11 nitrogen and oxygen atoms in total. The molecule has 2 aliphatic heterocycles. The van der Waals surface area contributed by atoms with Crippen molar-refractivity contribution in [3.05, 3.63) is 65.0 Å². The Kier molecular flexibility index (Phi) is 9.14. The molecule has 1 saturated heterocycles. The van der Waals surface area contributed by atoms with E-state index >= 15 is 0 Å². The molecule has 0 radical (unpaired) electrons. The summed E-state index contributed by atoms with van der Waals surface area (Å²) in [6, 6.07) is 7.67. The average molecular weight is 602 g/mol. The van der Waals surface area contributed by atoms with Crippen molar-refractivity contribution < 1.29 is 32.2 Å². The molecule has 2 aromatic heterocycles. The molecule has 0 unspecified atom stereocenters. The van der Waals surface area contributed by atoms with E-state index in [0.717, 1.165) is 29.5 Å². The molecular weight excluding hydrogens is 567 g/mol. The Bertz CT molecular complexity index is 1420. The maximum Gasteiger partial charge on any atom is 0.419 e. The standard InChI is InChI=1S/C29H34F3N7O4/c1-20-26-27(41)38(19-21-3-5-23(42-2)6-4-21)13-14-39(26)24(35-20)7-15-43-16-8-25(40)36-9-11-37(12-10-36)28-33-17-22(18-34-28)29(30,31)32/h3-6,17-18H,7-16,19H2,1-2H3. The van der Waals surface area contributed by atoms with E-state index in [9.17, 15) is 22.8 Å². The number of rotatable bonds is 10. The first-order valence-corrected chi connectivity index (χ1v) is 14.1. The van der Waals surface area contributed by atoms with Gasteiger partial charge in [-0.3, -0.25) is 9.59 Å². The number of carbonyl (C=O) groups excluding carboxylic acids is 2. The molecule has 4 heterocycles. The van der Waals surface area contributed by atoms with Crippen LogP contribution < -0.4 is 9.64 Å². The van der Waals surface area contributed by atoms with Crippen LogP contribution in [0.3, 0.4) is 0 Å². The molecule has 3 aromatic rings. The highest BCUT2D eigenvalue weighted by Crippen LogP contribution is 2.28. The van der Waals surface area contributed by atoms with E-state index in [-0.39, 0.29) is 30.8 Å². The third-order valence-electron chi connectivity index (χ3n) is 7.65. The van der Waals surface area contributed by atoms with Crippen LogP contribution in [-0.4, -0.2) is 94.2 Å². The van der Waals surface area contributed by atoms with Gasteiger partial charge in [0.1, 0.15) is 17.3 Å². The number of hydrogen-bond donors (Lipinski definition) is 0. The van der Waals surface area contributed by atoms with E-state index in [0.29, 0.717) is 70.2 Å². The Morgan fingerprint density at radius 3 is 2.33 bits per heavy atom. The van der Waals surface area contributed by atoms with E-state index in [1.165, 1.54) is 0 Å².